The molecule has 0 aliphatic heterocycles. The van der Waals surface area contributed by atoms with Crippen molar-refractivity contribution >= 4 is 21.9 Å². The van der Waals surface area contributed by atoms with Gasteiger partial charge in [-0.05, 0) is 39.7 Å². The first kappa shape index (κ1) is 13.5. The smallest absolute Gasteiger partial charge is 0.307 e. The molecule has 0 atom stereocenters. The molecule has 0 saturated carbocycles. The summed E-state index contributed by atoms with van der Waals surface area (Å²) in [7, 11) is 0. The molecule has 0 unspecified atom stereocenters. The molecule has 1 heterocycles. The van der Waals surface area contributed by atoms with Crippen LogP contribution < -0.4 is 4.74 Å². The quantitative estimate of drug-likeness (QED) is 0.919. The van der Waals surface area contributed by atoms with Crippen molar-refractivity contribution < 1.29 is 14.6 Å². The highest BCUT2D eigenvalue weighted by Gasteiger charge is 2.02. The van der Waals surface area contributed by atoms with Gasteiger partial charge < -0.3 is 9.84 Å². The highest BCUT2D eigenvalue weighted by atomic mass is 79.9. The van der Waals surface area contributed by atoms with Crippen molar-refractivity contribution in [2.24, 2.45) is 0 Å². The van der Waals surface area contributed by atoms with Crippen molar-refractivity contribution in [1.29, 1.82) is 0 Å². The van der Waals surface area contributed by atoms with E-state index < -0.39 is 5.97 Å². The Labute approximate surface area is 119 Å². The average Bonchev–Trinajstić information content (AvgIpc) is 2.36. The van der Waals surface area contributed by atoms with Gasteiger partial charge in [-0.3, -0.25) is 9.78 Å². The zero-order valence-corrected chi connectivity index (χ0v) is 11.6. The third kappa shape index (κ3) is 4.37. The lowest BCUT2D eigenvalue weighted by Crippen LogP contribution is -2.01. The molecule has 0 radical (unpaired) electrons. The normalized spacial score (nSPS) is 10.2. The average molecular weight is 322 g/mol. The molecular formula is C14H12BrNO3. The fraction of sp³-hybridized carbons (Fsp3) is 0.143. The first-order valence-corrected chi connectivity index (χ1v) is 6.46. The molecule has 0 fully saturated rings. The van der Waals surface area contributed by atoms with Crippen molar-refractivity contribution in [2.45, 2.75) is 13.0 Å². The third-order valence-corrected chi connectivity index (χ3v) is 2.85. The molecule has 5 heteroatoms. The largest absolute Gasteiger partial charge is 0.489 e. The lowest BCUT2D eigenvalue weighted by atomic mass is 10.1. The number of hydrogen-bond donors (Lipinski definition) is 1. The minimum absolute atomic E-state index is 0.00432. The second kappa shape index (κ2) is 6.33. The van der Waals surface area contributed by atoms with Crippen LogP contribution >= 0.6 is 15.9 Å². The molecule has 1 N–H and O–H groups in total. The summed E-state index contributed by atoms with van der Waals surface area (Å²) in [4.78, 5) is 14.7. The first-order chi connectivity index (χ1) is 9.13. The number of aromatic nitrogens is 1. The number of aliphatic carboxylic acids is 1. The molecule has 0 saturated heterocycles. The molecule has 19 heavy (non-hydrogen) atoms. The summed E-state index contributed by atoms with van der Waals surface area (Å²) in [5.41, 5.74) is 1.66. The lowest BCUT2D eigenvalue weighted by molar-refractivity contribution is -0.136. The molecule has 2 aromatic rings. The maximum absolute atomic E-state index is 10.6. The second-order valence-electron chi connectivity index (χ2n) is 4.02. The number of benzene rings is 1. The Kier molecular flexibility index (Phi) is 4.52. The lowest BCUT2D eigenvalue weighted by Gasteiger charge is -2.07. The van der Waals surface area contributed by atoms with Crippen LogP contribution in [0.4, 0.5) is 0 Å². The Morgan fingerprint density at radius 1 is 1.26 bits per heavy atom. The highest BCUT2D eigenvalue weighted by molar-refractivity contribution is 9.10. The van der Waals surface area contributed by atoms with Crippen molar-refractivity contribution in [2.75, 3.05) is 0 Å². The van der Waals surface area contributed by atoms with Crippen LogP contribution in [0.1, 0.15) is 11.1 Å². The summed E-state index contributed by atoms with van der Waals surface area (Å²) in [6, 6.07) is 9.01. The van der Waals surface area contributed by atoms with Gasteiger partial charge in [-0.15, -0.1) is 0 Å². The van der Waals surface area contributed by atoms with Gasteiger partial charge in [-0.1, -0.05) is 12.1 Å². The van der Waals surface area contributed by atoms with E-state index in [1.165, 1.54) is 0 Å². The summed E-state index contributed by atoms with van der Waals surface area (Å²) in [6.45, 7) is 0.392. The molecule has 0 amide bonds. The van der Waals surface area contributed by atoms with E-state index in [0.717, 1.165) is 15.6 Å². The van der Waals surface area contributed by atoms with Crippen molar-refractivity contribution in [3.63, 3.8) is 0 Å². The van der Waals surface area contributed by atoms with E-state index in [9.17, 15) is 4.79 Å². The first-order valence-electron chi connectivity index (χ1n) is 5.66. The molecule has 0 aliphatic carbocycles. The third-order valence-electron chi connectivity index (χ3n) is 2.42. The van der Waals surface area contributed by atoms with E-state index in [1.807, 2.05) is 6.07 Å². The molecule has 0 aliphatic rings. The zero-order chi connectivity index (χ0) is 13.7. The van der Waals surface area contributed by atoms with E-state index in [1.54, 1.807) is 36.7 Å². The second-order valence-corrected chi connectivity index (χ2v) is 4.93. The molecule has 2 rings (SSSR count). The number of carboxylic acids is 1. The monoisotopic (exact) mass is 321 g/mol. The summed E-state index contributed by atoms with van der Waals surface area (Å²) in [5, 5.41) is 8.74. The topological polar surface area (TPSA) is 59.4 Å². The predicted octanol–water partition coefficient (Wildman–Crippen LogP) is 3.05. The zero-order valence-electron chi connectivity index (χ0n) is 10.0. The van der Waals surface area contributed by atoms with Gasteiger partial charge in [-0.2, -0.15) is 0 Å². The molecule has 4 nitrogen and oxygen atoms in total. The van der Waals surface area contributed by atoms with Gasteiger partial charge in [0.05, 0.1) is 6.42 Å². The van der Waals surface area contributed by atoms with Crippen LogP contribution in [0.2, 0.25) is 0 Å². The summed E-state index contributed by atoms with van der Waals surface area (Å²) in [5.74, 6) is -0.202. The fourth-order valence-electron chi connectivity index (χ4n) is 1.62. The molecule has 1 aromatic carbocycles. The van der Waals surface area contributed by atoms with Gasteiger partial charge in [0.15, 0.2) is 0 Å². The Bertz CT molecular complexity index is 586. The van der Waals surface area contributed by atoms with Crippen molar-refractivity contribution in [3.05, 3.63) is 58.3 Å². The predicted molar refractivity (Wildman–Crippen MR) is 74.1 cm³/mol. The number of hydrogen-bond acceptors (Lipinski definition) is 3. The van der Waals surface area contributed by atoms with Crippen LogP contribution in [-0.2, 0) is 17.8 Å². The SMILES string of the molecule is O=C(O)Cc1cccc(OCc2cncc(Br)c2)c1. The van der Waals surface area contributed by atoms with E-state index in [2.05, 4.69) is 20.9 Å². The Hall–Kier alpha value is -1.88. The minimum atomic E-state index is -0.853. The molecule has 1 aromatic heterocycles. The number of ether oxygens (including phenoxy) is 1. The minimum Gasteiger partial charge on any atom is -0.489 e. The van der Waals surface area contributed by atoms with Crippen LogP contribution in [0, 0.1) is 0 Å². The summed E-state index contributed by atoms with van der Waals surface area (Å²) < 4.78 is 6.51. The van der Waals surface area contributed by atoms with Gasteiger partial charge >= 0.3 is 5.97 Å². The molecule has 0 bridgehead atoms. The number of carbonyl (C=O) groups is 1. The summed E-state index contributed by atoms with van der Waals surface area (Å²) in [6.07, 6.45) is 3.43. The van der Waals surface area contributed by atoms with Crippen molar-refractivity contribution in [1.82, 2.24) is 4.98 Å². The van der Waals surface area contributed by atoms with Crippen LogP contribution in [0.25, 0.3) is 0 Å². The van der Waals surface area contributed by atoms with Gasteiger partial charge in [-0.25, -0.2) is 0 Å². The maximum atomic E-state index is 10.6. The van der Waals surface area contributed by atoms with Crippen LogP contribution in [-0.4, -0.2) is 16.1 Å². The Morgan fingerprint density at radius 2 is 2.11 bits per heavy atom. The number of nitrogens with zero attached hydrogens (tertiary/aromatic N) is 1. The number of halogens is 1. The maximum Gasteiger partial charge on any atom is 0.307 e. The van der Waals surface area contributed by atoms with Gasteiger partial charge in [0, 0.05) is 22.4 Å². The number of pyridine rings is 1. The molecule has 98 valence electrons. The van der Waals surface area contributed by atoms with Gasteiger partial charge in [0.25, 0.3) is 0 Å². The van der Waals surface area contributed by atoms with Gasteiger partial charge in [0.1, 0.15) is 12.4 Å². The Morgan fingerprint density at radius 3 is 2.84 bits per heavy atom. The van der Waals surface area contributed by atoms with E-state index in [4.69, 9.17) is 9.84 Å². The number of rotatable bonds is 5. The fourth-order valence-corrected chi connectivity index (χ4v) is 2.03. The van der Waals surface area contributed by atoms with Gasteiger partial charge in [0.2, 0.25) is 0 Å². The number of carboxylic acid groups (broad SMARTS) is 1. The molecule has 0 spiro atoms. The van der Waals surface area contributed by atoms with E-state index in [-0.39, 0.29) is 6.42 Å². The van der Waals surface area contributed by atoms with Crippen LogP contribution in [0.15, 0.2) is 47.2 Å². The standard InChI is InChI=1S/C14H12BrNO3/c15-12-4-11(7-16-8-12)9-19-13-3-1-2-10(5-13)6-14(17)18/h1-5,7-8H,6,9H2,(H,17,18). The Balaban J connectivity index is 2.01. The summed E-state index contributed by atoms with van der Waals surface area (Å²) >= 11 is 3.34. The van der Waals surface area contributed by atoms with E-state index >= 15 is 0 Å². The van der Waals surface area contributed by atoms with Crippen LogP contribution in [0.5, 0.6) is 5.75 Å². The molecular weight excluding hydrogens is 310 g/mol. The van der Waals surface area contributed by atoms with Crippen molar-refractivity contribution in [3.8, 4) is 5.75 Å². The highest BCUT2D eigenvalue weighted by Crippen LogP contribution is 2.16. The van der Waals surface area contributed by atoms with Crippen LogP contribution in [0.3, 0.4) is 0 Å². The van der Waals surface area contributed by atoms with E-state index in [0.29, 0.717) is 12.4 Å².